The third kappa shape index (κ3) is 3.68. The van der Waals surface area contributed by atoms with Crippen LogP contribution in [0.25, 0.3) is 0 Å². The number of halogens is 2. The second kappa shape index (κ2) is 6.88. The van der Waals surface area contributed by atoms with E-state index in [0.717, 1.165) is 24.3 Å². The topological polar surface area (TPSA) is 9.23 Å². The van der Waals surface area contributed by atoms with Gasteiger partial charge in [0.05, 0.1) is 0 Å². The van der Waals surface area contributed by atoms with E-state index in [-0.39, 0.29) is 5.75 Å². The molecule has 0 atom stereocenters. The number of rotatable bonds is 5. The fraction of sp³-hybridized carbons (Fsp3) is 0.625. The molecule has 0 aliphatic heterocycles. The van der Waals surface area contributed by atoms with Crippen LogP contribution < -0.4 is 4.74 Å². The van der Waals surface area contributed by atoms with Crippen LogP contribution in [0.3, 0.4) is 0 Å². The number of benzene rings is 1. The molecule has 0 radical (unpaired) electrons. The Labute approximate surface area is 114 Å². The van der Waals surface area contributed by atoms with Crippen LogP contribution in [-0.2, 0) is 0 Å². The molecule has 106 valence electrons. The van der Waals surface area contributed by atoms with Gasteiger partial charge in [-0.2, -0.15) is 0 Å². The highest BCUT2D eigenvalue weighted by Gasteiger charge is 2.22. The molecule has 0 heterocycles. The molecule has 0 spiro atoms. The predicted octanol–water partition coefficient (Wildman–Crippen LogP) is 5.21. The molecular formula is C16H22F2O. The van der Waals surface area contributed by atoms with Crippen LogP contribution in [0.1, 0.15) is 56.9 Å². The highest BCUT2D eigenvalue weighted by atomic mass is 19.1. The molecule has 2 rings (SSSR count). The van der Waals surface area contributed by atoms with Crippen molar-refractivity contribution in [1.29, 1.82) is 0 Å². The number of ether oxygens (including phenoxy) is 1. The van der Waals surface area contributed by atoms with Crippen LogP contribution in [0.5, 0.6) is 5.75 Å². The Hall–Kier alpha value is -1.12. The van der Waals surface area contributed by atoms with Gasteiger partial charge in [0.25, 0.3) is 0 Å². The summed E-state index contributed by atoms with van der Waals surface area (Å²) in [5.74, 6) is 0.846. The molecule has 1 aromatic carbocycles. The zero-order valence-corrected chi connectivity index (χ0v) is 11.5. The first-order valence-electron chi connectivity index (χ1n) is 7.22. The molecule has 1 aliphatic rings. The predicted molar refractivity (Wildman–Crippen MR) is 72.6 cm³/mol. The van der Waals surface area contributed by atoms with Gasteiger partial charge >= 0.3 is 0 Å². The molecule has 1 nitrogen and oxygen atoms in total. The van der Waals surface area contributed by atoms with Crippen molar-refractivity contribution in [3.63, 3.8) is 0 Å². The number of hydrogen-bond donors (Lipinski definition) is 0. The smallest absolute Gasteiger partial charge is 0.228 e. The second-order valence-electron chi connectivity index (χ2n) is 5.45. The van der Waals surface area contributed by atoms with Gasteiger partial charge in [-0.3, -0.25) is 0 Å². The summed E-state index contributed by atoms with van der Waals surface area (Å²) in [5, 5.41) is 0. The highest BCUT2D eigenvalue weighted by molar-refractivity contribution is 5.31. The standard InChI is InChI=1S/C16H22F2O/c1-2-3-12-4-6-13(7-5-12)14-8-9-16(19-11-17)15(18)10-14/h8-10,12-13H,2-7,11H2,1H3. The van der Waals surface area contributed by atoms with Crippen molar-refractivity contribution in [2.24, 2.45) is 5.92 Å². The van der Waals surface area contributed by atoms with Crippen molar-refractivity contribution in [2.45, 2.75) is 51.4 Å². The fourth-order valence-electron chi connectivity index (χ4n) is 3.14. The summed E-state index contributed by atoms with van der Waals surface area (Å²) in [6.45, 7) is 1.24. The molecule has 3 heteroatoms. The van der Waals surface area contributed by atoms with Crippen LogP contribution >= 0.6 is 0 Å². The maximum absolute atomic E-state index is 13.7. The Morgan fingerprint density at radius 3 is 2.53 bits per heavy atom. The summed E-state index contributed by atoms with van der Waals surface area (Å²) in [4.78, 5) is 0. The molecule has 0 aromatic heterocycles. The summed E-state index contributed by atoms with van der Waals surface area (Å²) >= 11 is 0. The lowest BCUT2D eigenvalue weighted by Gasteiger charge is -2.28. The first-order valence-corrected chi connectivity index (χ1v) is 7.22. The van der Waals surface area contributed by atoms with Crippen molar-refractivity contribution in [1.82, 2.24) is 0 Å². The van der Waals surface area contributed by atoms with Crippen molar-refractivity contribution in [2.75, 3.05) is 6.86 Å². The summed E-state index contributed by atoms with van der Waals surface area (Å²) in [6, 6.07) is 4.93. The van der Waals surface area contributed by atoms with Crippen molar-refractivity contribution < 1.29 is 13.5 Å². The fourth-order valence-corrected chi connectivity index (χ4v) is 3.14. The molecular weight excluding hydrogens is 246 g/mol. The molecule has 1 fully saturated rings. The summed E-state index contributed by atoms with van der Waals surface area (Å²) in [7, 11) is 0. The number of alkyl halides is 1. The highest BCUT2D eigenvalue weighted by Crippen LogP contribution is 2.38. The van der Waals surface area contributed by atoms with Crippen LogP contribution in [0.15, 0.2) is 18.2 Å². The quantitative estimate of drug-likeness (QED) is 0.712. The van der Waals surface area contributed by atoms with Gasteiger partial charge in [0.1, 0.15) is 0 Å². The normalized spacial score (nSPS) is 23.3. The maximum atomic E-state index is 13.7. The van der Waals surface area contributed by atoms with Gasteiger partial charge in [0.15, 0.2) is 11.6 Å². The van der Waals surface area contributed by atoms with E-state index in [1.54, 1.807) is 6.07 Å². The largest absolute Gasteiger partial charge is 0.460 e. The van der Waals surface area contributed by atoms with Crippen LogP contribution in [0.2, 0.25) is 0 Å². The minimum Gasteiger partial charge on any atom is -0.460 e. The second-order valence-corrected chi connectivity index (χ2v) is 5.45. The average molecular weight is 268 g/mol. The van der Waals surface area contributed by atoms with Gasteiger partial charge in [-0.1, -0.05) is 25.8 Å². The Balaban J connectivity index is 1.97. The monoisotopic (exact) mass is 268 g/mol. The van der Waals surface area contributed by atoms with Crippen LogP contribution in [-0.4, -0.2) is 6.86 Å². The lowest BCUT2D eigenvalue weighted by molar-refractivity contribution is 0.184. The minimum atomic E-state index is -0.988. The van der Waals surface area contributed by atoms with E-state index in [1.807, 2.05) is 6.07 Å². The summed E-state index contributed by atoms with van der Waals surface area (Å²) in [5.41, 5.74) is 1.03. The molecule has 0 saturated heterocycles. The van der Waals surface area contributed by atoms with Gasteiger partial charge in [0.2, 0.25) is 6.86 Å². The van der Waals surface area contributed by atoms with E-state index in [9.17, 15) is 8.78 Å². The van der Waals surface area contributed by atoms with E-state index < -0.39 is 12.7 Å². The van der Waals surface area contributed by atoms with Gasteiger partial charge in [0, 0.05) is 0 Å². The Bertz CT molecular complexity index is 398. The van der Waals surface area contributed by atoms with Crippen molar-refractivity contribution in [3.05, 3.63) is 29.6 Å². The summed E-state index contributed by atoms with van der Waals surface area (Å²) in [6.07, 6.45) is 7.30. The lowest BCUT2D eigenvalue weighted by atomic mass is 9.77. The molecule has 0 bridgehead atoms. The average Bonchev–Trinajstić information content (AvgIpc) is 2.43. The lowest BCUT2D eigenvalue weighted by Crippen LogP contribution is -2.13. The van der Waals surface area contributed by atoms with E-state index in [2.05, 4.69) is 11.7 Å². The van der Waals surface area contributed by atoms with Crippen LogP contribution in [0, 0.1) is 11.7 Å². The van der Waals surface area contributed by atoms with E-state index in [1.165, 1.54) is 31.7 Å². The van der Waals surface area contributed by atoms with E-state index >= 15 is 0 Å². The van der Waals surface area contributed by atoms with Gasteiger partial charge in [-0.15, -0.1) is 0 Å². The zero-order chi connectivity index (χ0) is 13.7. The Morgan fingerprint density at radius 1 is 1.21 bits per heavy atom. The third-order valence-corrected chi connectivity index (χ3v) is 4.18. The van der Waals surface area contributed by atoms with E-state index in [4.69, 9.17) is 0 Å². The Kier molecular flexibility index (Phi) is 5.17. The maximum Gasteiger partial charge on any atom is 0.228 e. The first kappa shape index (κ1) is 14.3. The first-order chi connectivity index (χ1) is 9.24. The molecule has 1 aliphatic carbocycles. The van der Waals surface area contributed by atoms with Gasteiger partial charge < -0.3 is 4.74 Å². The van der Waals surface area contributed by atoms with Gasteiger partial charge in [-0.05, 0) is 55.2 Å². The molecule has 19 heavy (non-hydrogen) atoms. The van der Waals surface area contributed by atoms with Crippen molar-refractivity contribution in [3.8, 4) is 5.75 Å². The van der Waals surface area contributed by atoms with E-state index in [0.29, 0.717) is 5.92 Å². The zero-order valence-electron chi connectivity index (χ0n) is 11.5. The molecule has 1 aromatic rings. The molecule has 0 unspecified atom stereocenters. The number of hydrogen-bond acceptors (Lipinski definition) is 1. The Morgan fingerprint density at radius 2 is 1.95 bits per heavy atom. The molecule has 0 amide bonds. The summed E-state index contributed by atoms with van der Waals surface area (Å²) < 4.78 is 30.3. The molecule has 0 N–H and O–H groups in total. The van der Waals surface area contributed by atoms with Gasteiger partial charge in [-0.25, -0.2) is 8.78 Å². The van der Waals surface area contributed by atoms with Crippen molar-refractivity contribution >= 4 is 0 Å². The minimum absolute atomic E-state index is 0.00548. The third-order valence-electron chi connectivity index (χ3n) is 4.18. The van der Waals surface area contributed by atoms with Crippen LogP contribution in [0.4, 0.5) is 8.78 Å². The molecule has 1 saturated carbocycles. The SMILES string of the molecule is CCCC1CCC(c2ccc(OCF)c(F)c2)CC1.